The van der Waals surface area contributed by atoms with E-state index in [0.29, 0.717) is 24.6 Å². The quantitative estimate of drug-likeness (QED) is 0.646. The van der Waals surface area contributed by atoms with E-state index >= 15 is 0 Å². The molecule has 3 amide bonds. The summed E-state index contributed by atoms with van der Waals surface area (Å²) in [5, 5.41) is 5.25. The van der Waals surface area contributed by atoms with E-state index < -0.39 is 23.7 Å². The number of anilines is 2. The number of alkyl halides is 3. The maximum absolute atomic E-state index is 13.0. The first kappa shape index (κ1) is 23.8. The average Bonchev–Trinajstić information content (AvgIpc) is 3.55. The van der Waals surface area contributed by atoms with E-state index in [9.17, 15) is 27.6 Å². The summed E-state index contributed by atoms with van der Waals surface area (Å²) in [6.07, 6.45) is -1.37. The van der Waals surface area contributed by atoms with Gasteiger partial charge in [0.25, 0.3) is 5.91 Å². The Morgan fingerprint density at radius 1 is 0.971 bits per heavy atom. The van der Waals surface area contributed by atoms with E-state index in [2.05, 4.69) is 10.6 Å². The Labute approximate surface area is 195 Å². The first-order valence-electron chi connectivity index (χ1n) is 11.3. The maximum atomic E-state index is 13.0. The van der Waals surface area contributed by atoms with Crippen LogP contribution in [0.3, 0.4) is 0 Å². The SMILES string of the molecule is C[C@@H]1C[C@@H]1C(=O)N1CCCC[C@@H]1C(=O)Nc1cccc(C(=O)Nc2cccc(C(F)(F)F)c2)c1. The lowest BCUT2D eigenvalue weighted by atomic mass is 10.00. The van der Waals surface area contributed by atoms with Crippen molar-refractivity contribution in [1.82, 2.24) is 4.90 Å². The molecule has 0 aromatic heterocycles. The number of hydrogen-bond acceptors (Lipinski definition) is 3. The summed E-state index contributed by atoms with van der Waals surface area (Å²) >= 11 is 0. The van der Waals surface area contributed by atoms with Crippen LogP contribution in [0.15, 0.2) is 48.5 Å². The van der Waals surface area contributed by atoms with Gasteiger partial charge in [0.2, 0.25) is 11.8 Å². The molecule has 2 aromatic rings. The lowest BCUT2D eigenvalue weighted by Gasteiger charge is -2.35. The number of benzene rings is 2. The van der Waals surface area contributed by atoms with Crippen molar-refractivity contribution in [3.63, 3.8) is 0 Å². The van der Waals surface area contributed by atoms with Gasteiger partial charge in [-0.15, -0.1) is 0 Å². The predicted octanol–water partition coefficient (Wildman–Crippen LogP) is 4.93. The highest BCUT2D eigenvalue weighted by Gasteiger charge is 2.44. The molecule has 2 fully saturated rings. The van der Waals surface area contributed by atoms with Gasteiger partial charge < -0.3 is 15.5 Å². The van der Waals surface area contributed by atoms with Crippen molar-refractivity contribution in [2.24, 2.45) is 11.8 Å². The summed E-state index contributed by atoms with van der Waals surface area (Å²) in [6.45, 7) is 2.58. The number of nitrogens with one attached hydrogen (secondary N) is 2. The van der Waals surface area contributed by atoms with Crippen molar-refractivity contribution in [1.29, 1.82) is 0 Å². The lowest BCUT2D eigenvalue weighted by molar-refractivity contribution is -0.141. The minimum Gasteiger partial charge on any atom is -0.330 e. The summed E-state index contributed by atoms with van der Waals surface area (Å²) in [4.78, 5) is 40.1. The molecule has 34 heavy (non-hydrogen) atoms. The van der Waals surface area contributed by atoms with Gasteiger partial charge in [0, 0.05) is 29.4 Å². The van der Waals surface area contributed by atoms with Crippen molar-refractivity contribution >= 4 is 29.1 Å². The van der Waals surface area contributed by atoms with Crippen molar-refractivity contribution in [2.45, 2.75) is 44.8 Å². The molecule has 1 aliphatic carbocycles. The number of carbonyl (C=O) groups is 3. The molecule has 6 nitrogen and oxygen atoms in total. The molecule has 2 aliphatic rings. The Morgan fingerprint density at radius 2 is 1.65 bits per heavy atom. The maximum Gasteiger partial charge on any atom is 0.416 e. The third-order valence-corrected chi connectivity index (χ3v) is 6.36. The van der Waals surface area contributed by atoms with Crippen LogP contribution in [0.5, 0.6) is 0 Å². The highest BCUT2D eigenvalue weighted by Crippen LogP contribution is 2.40. The third kappa shape index (κ3) is 5.40. The topological polar surface area (TPSA) is 78.5 Å². The van der Waals surface area contributed by atoms with Crippen LogP contribution in [0.4, 0.5) is 24.5 Å². The molecule has 180 valence electrons. The third-order valence-electron chi connectivity index (χ3n) is 6.36. The molecule has 0 radical (unpaired) electrons. The minimum atomic E-state index is -4.52. The van der Waals surface area contributed by atoms with Crippen molar-refractivity contribution in [3.8, 4) is 0 Å². The highest BCUT2D eigenvalue weighted by atomic mass is 19.4. The second-order valence-corrected chi connectivity index (χ2v) is 8.97. The highest BCUT2D eigenvalue weighted by molar-refractivity contribution is 6.05. The summed E-state index contributed by atoms with van der Waals surface area (Å²) in [5.74, 6) is -0.535. The van der Waals surface area contributed by atoms with Crippen LogP contribution >= 0.6 is 0 Å². The van der Waals surface area contributed by atoms with Gasteiger partial charge in [-0.2, -0.15) is 13.2 Å². The number of carbonyl (C=O) groups excluding carboxylic acids is 3. The first-order chi connectivity index (χ1) is 16.1. The Morgan fingerprint density at radius 3 is 2.32 bits per heavy atom. The Kier molecular flexibility index (Phi) is 6.63. The van der Waals surface area contributed by atoms with Crippen LogP contribution in [0.25, 0.3) is 0 Å². The molecule has 2 aromatic carbocycles. The van der Waals surface area contributed by atoms with Crippen LogP contribution in [-0.4, -0.2) is 35.2 Å². The average molecular weight is 473 g/mol. The normalized spacial score (nSPS) is 22.1. The predicted molar refractivity (Wildman–Crippen MR) is 121 cm³/mol. The van der Waals surface area contributed by atoms with Crippen LogP contribution in [0.2, 0.25) is 0 Å². The van der Waals surface area contributed by atoms with Gasteiger partial charge in [0.1, 0.15) is 6.04 Å². The standard InChI is InChI=1S/C25H26F3N3O3/c1-15-12-20(15)24(34)31-11-3-2-10-21(31)23(33)30-18-8-4-6-16(13-18)22(32)29-19-9-5-7-17(14-19)25(26,27)28/h4-9,13-15,20-21H,2-3,10-12H2,1H3,(H,29,32)(H,30,33)/t15-,20+,21-/m1/s1. The lowest BCUT2D eigenvalue weighted by Crippen LogP contribution is -2.50. The van der Waals surface area contributed by atoms with Crippen molar-refractivity contribution in [2.75, 3.05) is 17.2 Å². The zero-order valence-corrected chi connectivity index (χ0v) is 18.7. The van der Waals surface area contributed by atoms with Crippen LogP contribution in [0, 0.1) is 11.8 Å². The molecule has 4 rings (SSSR count). The van der Waals surface area contributed by atoms with Gasteiger partial charge in [-0.25, -0.2) is 0 Å². The van der Waals surface area contributed by atoms with Crippen LogP contribution in [0.1, 0.15) is 48.5 Å². The van der Waals surface area contributed by atoms with Crippen molar-refractivity contribution in [3.05, 3.63) is 59.7 Å². The fourth-order valence-electron chi connectivity index (χ4n) is 4.29. The zero-order valence-electron chi connectivity index (χ0n) is 18.7. The molecular weight excluding hydrogens is 447 g/mol. The number of hydrogen-bond donors (Lipinski definition) is 2. The monoisotopic (exact) mass is 473 g/mol. The molecule has 1 heterocycles. The summed E-state index contributed by atoms with van der Waals surface area (Å²) < 4.78 is 38.8. The van der Waals surface area contributed by atoms with Crippen LogP contribution < -0.4 is 10.6 Å². The fourth-order valence-corrected chi connectivity index (χ4v) is 4.29. The van der Waals surface area contributed by atoms with E-state index in [0.717, 1.165) is 31.4 Å². The van der Waals surface area contributed by atoms with Crippen molar-refractivity contribution < 1.29 is 27.6 Å². The molecule has 1 saturated carbocycles. The number of likely N-dealkylation sites (tertiary alicyclic amines) is 1. The van der Waals surface area contributed by atoms with Gasteiger partial charge in [0.15, 0.2) is 0 Å². The van der Waals surface area contributed by atoms with E-state index in [1.165, 1.54) is 24.3 Å². The van der Waals surface area contributed by atoms with E-state index in [4.69, 9.17) is 0 Å². The molecule has 1 saturated heterocycles. The van der Waals surface area contributed by atoms with Gasteiger partial charge >= 0.3 is 6.18 Å². The van der Waals surface area contributed by atoms with Gasteiger partial charge in [0.05, 0.1) is 5.56 Å². The Balaban J connectivity index is 1.43. The summed E-state index contributed by atoms with van der Waals surface area (Å²) in [7, 11) is 0. The molecule has 9 heteroatoms. The first-order valence-corrected chi connectivity index (χ1v) is 11.3. The second-order valence-electron chi connectivity index (χ2n) is 8.97. The smallest absolute Gasteiger partial charge is 0.330 e. The van der Waals surface area contributed by atoms with Crippen LogP contribution in [-0.2, 0) is 15.8 Å². The largest absolute Gasteiger partial charge is 0.416 e. The van der Waals surface area contributed by atoms with E-state index in [1.807, 2.05) is 6.92 Å². The number of nitrogens with zero attached hydrogens (tertiary/aromatic N) is 1. The Bertz CT molecular complexity index is 1100. The summed E-state index contributed by atoms with van der Waals surface area (Å²) in [5.41, 5.74) is -0.295. The molecular formula is C25H26F3N3O3. The molecule has 2 N–H and O–H groups in total. The summed E-state index contributed by atoms with van der Waals surface area (Å²) in [6, 6.07) is 9.97. The number of rotatable bonds is 5. The molecule has 0 unspecified atom stereocenters. The second kappa shape index (κ2) is 9.48. The Hall–Kier alpha value is -3.36. The van der Waals surface area contributed by atoms with E-state index in [-0.39, 0.29) is 29.0 Å². The molecule has 3 atom stereocenters. The van der Waals surface area contributed by atoms with E-state index in [1.54, 1.807) is 17.0 Å². The molecule has 0 spiro atoms. The number of piperidine rings is 1. The molecule has 0 bridgehead atoms. The zero-order chi connectivity index (χ0) is 24.5. The van der Waals surface area contributed by atoms with Gasteiger partial charge in [-0.1, -0.05) is 19.1 Å². The number of halogens is 3. The van der Waals surface area contributed by atoms with Gasteiger partial charge in [-0.05, 0) is 68.0 Å². The fraction of sp³-hybridized carbons (Fsp3) is 0.400. The van der Waals surface area contributed by atoms with Gasteiger partial charge in [-0.3, -0.25) is 14.4 Å². The molecule has 1 aliphatic heterocycles. The minimum absolute atomic E-state index is 0.00345. The number of amides is 3.